The van der Waals surface area contributed by atoms with Crippen molar-refractivity contribution in [3.63, 3.8) is 0 Å². The van der Waals surface area contributed by atoms with Gasteiger partial charge in [-0.05, 0) is 24.3 Å². The van der Waals surface area contributed by atoms with Crippen LogP contribution >= 0.6 is 0 Å². The lowest BCUT2D eigenvalue weighted by Gasteiger charge is -2.04. The highest BCUT2D eigenvalue weighted by Gasteiger charge is 1.97. The first-order chi connectivity index (χ1) is 6.77. The molecule has 0 aliphatic carbocycles. The zero-order chi connectivity index (χ0) is 9.97. The molecule has 0 saturated heterocycles. The van der Waals surface area contributed by atoms with Gasteiger partial charge < -0.3 is 14.5 Å². The molecule has 2 heterocycles. The fraction of sp³-hybridized carbons (Fsp3) is 0. The smallest absolute Gasteiger partial charge is 0.136 e. The number of carboxylic acid groups (broad SMARTS) is 1. The maximum atomic E-state index is 10.4. The third-order valence-corrected chi connectivity index (χ3v) is 1.85. The minimum atomic E-state index is -1.21. The van der Waals surface area contributed by atoms with Gasteiger partial charge in [-0.1, -0.05) is 0 Å². The van der Waals surface area contributed by atoms with Gasteiger partial charge in [0.25, 0.3) is 0 Å². The molecule has 0 amide bonds. The van der Waals surface area contributed by atoms with Crippen molar-refractivity contribution in [3.8, 4) is 5.82 Å². The van der Waals surface area contributed by atoms with Gasteiger partial charge >= 0.3 is 0 Å². The van der Waals surface area contributed by atoms with Crippen molar-refractivity contribution in [2.24, 2.45) is 0 Å². The van der Waals surface area contributed by atoms with Crippen LogP contribution in [0.25, 0.3) is 5.82 Å². The van der Waals surface area contributed by atoms with Gasteiger partial charge in [-0.25, -0.2) is 4.98 Å². The van der Waals surface area contributed by atoms with E-state index >= 15 is 0 Å². The molecule has 0 atom stereocenters. The van der Waals surface area contributed by atoms with E-state index < -0.39 is 5.97 Å². The summed E-state index contributed by atoms with van der Waals surface area (Å²) in [6, 6.07) is 6.84. The van der Waals surface area contributed by atoms with E-state index in [-0.39, 0.29) is 5.56 Å². The molecule has 0 saturated carbocycles. The Balaban J connectivity index is 2.36. The predicted molar refractivity (Wildman–Crippen MR) is 47.9 cm³/mol. The molecular weight excluding hydrogens is 180 g/mol. The lowest BCUT2D eigenvalue weighted by Crippen LogP contribution is -2.22. The molecule has 70 valence electrons. The van der Waals surface area contributed by atoms with Crippen molar-refractivity contribution in [1.29, 1.82) is 0 Å². The Bertz CT molecular complexity index is 432. The standard InChI is InChI=1S/C10H8N2O2/c13-10(14)8-3-4-9(11-7-8)12-5-1-2-6-12/h1-7H,(H,13,14)/p-1. The Kier molecular flexibility index (Phi) is 2.02. The van der Waals surface area contributed by atoms with Crippen LogP contribution in [0.2, 0.25) is 0 Å². The predicted octanol–water partition coefficient (Wildman–Crippen LogP) is 0.236. The summed E-state index contributed by atoms with van der Waals surface area (Å²) < 4.78 is 1.79. The minimum absolute atomic E-state index is 0.0842. The van der Waals surface area contributed by atoms with Crippen molar-refractivity contribution in [2.45, 2.75) is 0 Å². The number of aromatic nitrogens is 2. The van der Waals surface area contributed by atoms with E-state index in [2.05, 4.69) is 4.98 Å². The summed E-state index contributed by atoms with van der Waals surface area (Å²) in [5.41, 5.74) is 0.0842. The molecule has 2 aromatic rings. The van der Waals surface area contributed by atoms with Gasteiger partial charge in [0.2, 0.25) is 0 Å². The average molecular weight is 187 g/mol. The minimum Gasteiger partial charge on any atom is -0.545 e. The summed E-state index contributed by atoms with van der Waals surface area (Å²) in [6.07, 6.45) is 4.95. The highest BCUT2D eigenvalue weighted by atomic mass is 16.4. The van der Waals surface area contributed by atoms with Crippen LogP contribution in [0.1, 0.15) is 10.4 Å². The first-order valence-electron chi connectivity index (χ1n) is 4.08. The molecule has 0 radical (unpaired) electrons. The van der Waals surface area contributed by atoms with Gasteiger partial charge in [0.15, 0.2) is 0 Å². The third-order valence-electron chi connectivity index (χ3n) is 1.85. The third kappa shape index (κ3) is 1.50. The normalized spacial score (nSPS) is 10.0. The molecule has 0 spiro atoms. The Morgan fingerprint density at radius 3 is 2.50 bits per heavy atom. The molecule has 14 heavy (non-hydrogen) atoms. The van der Waals surface area contributed by atoms with Crippen LogP contribution in [0.5, 0.6) is 0 Å². The van der Waals surface area contributed by atoms with Crippen molar-refractivity contribution >= 4 is 5.97 Å². The van der Waals surface area contributed by atoms with Crippen molar-refractivity contribution in [3.05, 3.63) is 48.4 Å². The summed E-state index contributed by atoms with van der Waals surface area (Å²) in [7, 11) is 0. The van der Waals surface area contributed by atoms with E-state index in [1.54, 1.807) is 10.6 Å². The lowest BCUT2D eigenvalue weighted by molar-refractivity contribution is -0.255. The van der Waals surface area contributed by atoms with Crippen LogP contribution in [-0.4, -0.2) is 15.5 Å². The molecular formula is C10H7N2O2-. The molecule has 0 aliphatic rings. The van der Waals surface area contributed by atoms with Crippen LogP contribution in [0, 0.1) is 0 Å². The van der Waals surface area contributed by atoms with Gasteiger partial charge in [-0.2, -0.15) is 0 Å². The number of carboxylic acids is 1. The molecule has 0 N–H and O–H groups in total. The molecule has 0 unspecified atom stereocenters. The zero-order valence-corrected chi connectivity index (χ0v) is 7.25. The van der Waals surface area contributed by atoms with E-state index in [1.807, 2.05) is 24.5 Å². The summed E-state index contributed by atoms with van der Waals surface area (Å²) in [5.74, 6) is -0.531. The van der Waals surface area contributed by atoms with Crippen LogP contribution < -0.4 is 5.11 Å². The Morgan fingerprint density at radius 2 is 2.00 bits per heavy atom. The topological polar surface area (TPSA) is 57.9 Å². The van der Waals surface area contributed by atoms with Crippen molar-refractivity contribution in [1.82, 2.24) is 9.55 Å². The van der Waals surface area contributed by atoms with Crippen LogP contribution in [0.4, 0.5) is 0 Å². The molecule has 0 bridgehead atoms. The Hall–Kier alpha value is -2.10. The zero-order valence-electron chi connectivity index (χ0n) is 7.25. The SMILES string of the molecule is O=C([O-])c1ccc(-n2cccc2)nc1. The second kappa shape index (κ2) is 3.33. The van der Waals surface area contributed by atoms with Crippen molar-refractivity contribution < 1.29 is 9.90 Å². The molecule has 2 rings (SSSR count). The molecule has 0 aromatic carbocycles. The van der Waals surface area contributed by atoms with Gasteiger partial charge in [0.05, 0.1) is 5.97 Å². The Morgan fingerprint density at radius 1 is 1.29 bits per heavy atom. The largest absolute Gasteiger partial charge is 0.545 e. The first kappa shape index (κ1) is 8.50. The highest BCUT2D eigenvalue weighted by molar-refractivity contribution is 5.85. The molecule has 0 fully saturated rings. The number of nitrogens with zero attached hydrogens (tertiary/aromatic N) is 2. The monoisotopic (exact) mass is 187 g/mol. The highest BCUT2D eigenvalue weighted by Crippen LogP contribution is 2.05. The number of pyridine rings is 1. The van der Waals surface area contributed by atoms with Gasteiger partial charge in [0.1, 0.15) is 5.82 Å². The number of carbonyl (C=O) groups is 1. The number of carbonyl (C=O) groups excluding carboxylic acids is 1. The summed E-state index contributed by atoms with van der Waals surface area (Å²) in [6.45, 7) is 0. The maximum absolute atomic E-state index is 10.4. The average Bonchev–Trinajstić information content (AvgIpc) is 2.71. The van der Waals surface area contributed by atoms with Crippen LogP contribution in [0.15, 0.2) is 42.9 Å². The van der Waals surface area contributed by atoms with E-state index in [1.165, 1.54) is 12.3 Å². The fourth-order valence-electron chi connectivity index (χ4n) is 1.15. The number of hydrogen-bond acceptors (Lipinski definition) is 3. The van der Waals surface area contributed by atoms with Gasteiger partial charge in [-0.3, -0.25) is 0 Å². The lowest BCUT2D eigenvalue weighted by atomic mass is 10.3. The number of rotatable bonds is 2. The van der Waals surface area contributed by atoms with Gasteiger partial charge in [0, 0.05) is 24.2 Å². The van der Waals surface area contributed by atoms with E-state index in [9.17, 15) is 9.90 Å². The molecule has 4 heteroatoms. The van der Waals surface area contributed by atoms with Crippen LogP contribution in [-0.2, 0) is 0 Å². The fourth-order valence-corrected chi connectivity index (χ4v) is 1.15. The molecule has 0 aliphatic heterocycles. The second-order valence-corrected chi connectivity index (χ2v) is 2.78. The van der Waals surface area contributed by atoms with E-state index in [4.69, 9.17) is 0 Å². The van der Waals surface area contributed by atoms with Gasteiger partial charge in [-0.15, -0.1) is 0 Å². The summed E-state index contributed by atoms with van der Waals surface area (Å²) in [4.78, 5) is 14.4. The second-order valence-electron chi connectivity index (χ2n) is 2.78. The number of hydrogen-bond donors (Lipinski definition) is 0. The van der Waals surface area contributed by atoms with E-state index in [0.29, 0.717) is 5.82 Å². The van der Waals surface area contributed by atoms with E-state index in [0.717, 1.165) is 0 Å². The summed E-state index contributed by atoms with van der Waals surface area (Å²) >= 11 is 0. The van der Waals surface area contributed by atoms with Crippen LogP contribution in [0.3, 0.4) is 0 Å². The number of aromatic carboxylic acids is 1. The Labute approximate surface area is 80.4 Å². The van der Waals surface area contributed by atoms with Crippen molar-refractivity contribution in [2.75, 3.05) is 0 Å². The quantitative estimate of drug-likeness (QED) is 0.676. The molecule has 2 aromatic heterocycles. The maximum Gasteiger partial charge on any atom is 0.136 e. The first-order valence-corrected chi connectivity index (χ1v) is 4.08. The summed E-state index contributed by atoms with van der Waals surface area (Å²) in [5, 5.41) is 10.4. The molecule has 4 nitrogen and oxygen atoms in total.